The number of thioether (sulfide) groups is 1. The molecule has 0 spiro atoms. The SMILES string of the molecule is CSCCC(CC=O)C(=O)C(C)C. The number of hydrogen-bond donors (Lipinski definition) is 0. The van der Waals surface area contributed by atoms with E-state index in [0.29, 0.717) is 6.42 Å². The fourth-order valence-corrected chi connectivity index (χ4v) is 1.74. The van der Waals surface area contributed by atoms with Crippen molar-refractivity contribution in [2.45, 2.75) is 26.7 Å². The lowest BCUT2D eigenvalue weighted by atomic mass is 9.91. The van der Waals surface area contributed by atoms with Gasteiger partial charge in [-0.05, 0) is 18.4 Å². The summed E-state index contributed by atoms with van der Waals surface area (Å²) >= 11 is 1.72. The van der Waals surface area contributed by atoms with Crippen LogP contribution in [-0.2, 0) is 9.59 Å². The summed E-state index contributed by atoms with van der Waals surface area (Å²) in [5.74, 6) is 1.18. The second-order valence-electron chi connectivity index (χ2n) is 3.44. The molecule has 0 saturated carbocycles. The van der Waals surface area contributed by atoms with Gasteiger partial charge in [0.1, 0.15) is 12.1 Å². The summed E-state index contributed by atoms with van der Waals surface area (Å²) in [6.07, 6.45) is 4.08. The molecule has 1 unspecified atom stereocenters. The molecule has 0 N–H and O–H groups in total. The summed E-state index contributed by atoms with van der Waals surface area (Å²) in [5, 5.41) is 0. The van der Waals surface area contributed by atoms with E-state index >= 15 is 0 Å². The van der Waals surface area contributed by atoms with E-state index in [9.17, 15) is 9.59 Å². The Hall–Kier alpha value is -0.310. The molecule has 0 fully saturated rings. The van der Waals surface area contributed by atoms with Crippen LogP contribution in [0.5, 0.6) is 0 Å². The second-order valence-corrected chi connectivity index (χ2v) is 4.42. The van der Waals surface area contributed by atoms with Crippen LogP contribution in [0.15, 0.2) is 0 Å². The highest BCUT2D eigenvalue weighted by molar-refractivity contribution is 7.98. The van der Waals surface area contributed by atoms with Gasteiger partial charge in [0.25, 0.3) is 0 Å². The standard InChI is InChI=1S/C10H18O2S/c1-8(2)10(12)9(4-6-11)5-7-13-3/h6,8-9H,4-5,7H2,1-3H3. The van der Waals surface area contributed by atoms with Gasteiger partial charge in [-0.3, -0.25) is 4.79 Å². The van der Waals surface area contributed by atoms with E-state index in [-0.39, 0.29) is 17.6 Å². The first-order valence-corrected chi connectivity index (χ1v) is 5.99. The van der Waals surface area contributed by atoms with Gasteiger partial charge in [-0.1, -0.05) is 13.8 Å². The van der Waals surface area contributed by atoms with Gasteiger partial charge >= 0.3 is 0 Å². The fraction of sp³-hybridized carbons (Fsp3) is 0.800. The van der Waals surface area contributed by atoms with Crippen molar-refractivity contribution in [2.75, 3.05) is 12.0 Å². The summed E-state index contributed by atoms with van der Waals surface area (Å²) in [7, 11) is 0. The number of rotatable bonds is 7. The van der Waals surface area contributed by atoms with Crippen LogP contribution in [-0.4, -0.2) is 24.1 Å². The first-order chi connectivity index (χ1) is 6.13. The number of carbonyl (C=O) groups is 2. The number of aldehydes is 1. The zero-order chi connectivity index (χ0) is 10.3. The Morgan fingerprint density at radius 2 is 2.08 bits per heavy atom. The van der Waals surface area contributed by atoms with Crippen molar-refractivity contribution in [3.63, 3.8) is 0 Å². The van der Waals surface area contributed by atoms with E-state index in [4.69, 9.17) is 0 Å². The third-order valence-electron chi connectivity index (χ3n) is 2.02. The summed E-state index contributed by atoms with van der Waals surface area (Å²) in [6.45, 7) is 3.78. The van der Waals surface area contributed by atoms with E-state index in [1.807, 2.05) is 20.1 Å². The van der Waals surface area contributed by atoms with Crippen LogP contribution in [0.2, 0.25) is 0 Å². The topological polar surface area (TPSA) is 34.1 Å². The molecule has 0 rings (SSSR count). The minimum atomic E-state index is -0.0510. The van der Waals surface area contributed by atoms with Crippen LogP contribution >= 0.6 is 11.8 Å². The zero-order valence-electron chi connectivity index (χ0n) is 8.58. The molecular formula is C10H18O2S. The lowest BCUT2D eigenvalue weighted by molar-refractivity contribution is -0.127. The molecule has 13 heavy (non-hydrogen) atoms. The Labute approximate surface area is 84.5 Å². The molecular weight excluding hydrogens is 184 g/mol. The number of Topliss-reactive ketones (excluding diaryl/α,β-unsaturated/α-hetero) is 1. The minimum Gasteiger partial charge on any atom is -0.303 e. The summed E-state index contributed by atoms with van der Waals surface area (Å²) in [6, 6.07) is 0. The maximum atomic E-state index is 11.6. The number of carbonyl (C=O) groups excluding carboxylic acids is 2. The Balaban J connectivity index is 4.06. The van der Waals surface area contributed by atoms with Crippen LogP contribution in [0.3, 0.4) is 0 Å². The first-order valence-electron chi connectivity index (χ1n) is 4.59. The summed E-state index contributed by atoms with van der Waals surface area (Å²) < 4.78 is 0. The van der Waals surface area contributed by atoms with Crippen molar-refractivity contribution in [3.8, 4) is 0 Å². The summed E-state index contributed by atoms with van der Waals surface area (Å²) in [4.78, 5) is 21.9. The third-order valence-corrected chi connectivity index (χ3v) is 2.67. The maximum absolute atomic E-state index is 11.6. The Kier molecular flexibility index (Phi) is 6.96. The Morgan fingerprint density at radius 1 is 1.46 bits per heavy atom. The van der Waals surface area contributed by atoms with Gasteiger partial charge in [-0.15, -0.1) is 0 Å². The summed E-state index contributed by atoms with van der Waals surface area (Å²) in [5.41, 5.74) is 0. The number of ketones is 1. The van der Waals surface area contributed by atoms with Gasteiger partial charge < -0.3 is 4.79 Å². The van der Waals surface area contributed by atoms with Gasteiger partial charge in [0.05, 0.1) is 0 Å². The molecule has 0 saturated heterocycles. The third kappa shape index (κ3) is 5.09. The molecule has 1 atom stereocenters. The quantitative estimate of drug-likeness (QED) is 0.593. The number of hydrogen-bond acceptors (Lipinski definition) is 3. The van der Waals surface area contributed by atoms with E-state index < -0.39 is 0 Å². The van der Waals surface area contributed by atoms with E-state index in [0.717, 1.165) is 18.5 Å². The van der Waals surface area contributed by atoms with Gasteiger partial charge in [0.15, 0.2) is 0 Å². The van der Waals surface area contributed by atoms with Crippen LogP contribution in [0, 0.1) is 11.8 Å². The highest BCUT2D eigenvalue weighted by atomic mass is 32.2. The molecule has 0 aliphatic carbocycles. The lowest BCUT2D eigenvalue weighted by Gasteiger charge is -2.14. The molecule has 0 heterocycles. The molecule has 0 aliphatic rings. The second kappa shape index (κ2) is 7.13. The molecule has 0 aromatic carbocycles. The lowest BCUT2D eigenvalue weighted by Crippen LogP contribution is -2.21. The Bertz CT molecular complexity index is 166. The monoisotopic (exact) mass is 202 g/mol. The van der Waals surface area contributed by atoms with Crippen molar-refractivity contribution in [2.24, 2.45) is 11.8 Å². The molecule has 0 aromatic heterocycles. The zero-order valence-corrected chi connectivity index (χ0v) is 9.39. The van der Waals surface area contributed by atoms with Crippen molar-refractivity contribution >= 4 is 23.8 Å². The largest absolute Gasteiger partial charge is 0.303 e. The van der Waals surface area contributed by atoms with E-state index in [1.54, 1.807) is 11.8 Å². The predicted octanol–water partition coefficient (Wildman–Crippen LogP) is 2.17. The molecule has 0 aromatic rings. The highest BCUT2D eigenvalue weighted by Gasteiger charge is 2.19. The van der Waals surface area contributed by atoms with Crippen molar-refractivity contribution in [3.05, 3.63) is 0 Å². The van der Waals surface area contributed by atoms with Crippen LogP contribution in [0.1, 0.15) is 26.7 Å². The predicted molar refractivity (Wildman–Crippen MR) is 57.0 cm³/mol. The van der Waals surface area contributed by atoms with Gasteiger partial charge in [0, 0.05) is 18.3 Å². The minimum absolute atomic E-state index is 0.0480. The average Bonchev–Trinajstić information content (AvgIpc) is 2.11. The van der Waals surface area contributed by atoms with Crippen LogP contribution in [0.25, 0.3) is 0 Å². The molecule has 0 bridgehead atoms. The first kappa shape index (κ1) is 12.7. The van der Waals surface area contributed by atoms with Crippen molar-refractivity contribution in [1.29, 1.82) is 0 Å². The normalized spacial score (nSPS) is 12.9. The van der Waals surface area contributed by atoms with Gasteiger partial charge in [-0.25, -0.2) is 0 Å². The Morgan fingerprint density at radius 3 is 2.46 bits per heavy atom. The molecule has 0 aliphatic heterocycles. The molecule has 0 radical (unpaired) electrons. The average molecular weight is 202 g/mol. The van der Waals surface area contributed by atoms with Gasteiger partial charge in [-0.2, -0.15) is 11.8 Å². The van der Waals surface area contributed by atoms with Crippen molar-refractivity contribution < 1.29 is 9.59 Å². The molecule has 76 valence electrons. The molecule has 3 heteroatoms. The van der Waals surface area contributed by atoms with Crippen molar-refractivity contribution in [1.82, 2.24) is 0 Å². The van der Waals surface area contributed by atoms with E-state index in [1.165, 1.54) is 0 Å². The highest BCUT2D eigenvalue weighted by Crippen LogP contribution is 2.16. The fourth-order valence-electron chi connectivity index (χ4n) is 1.22. The molecule has 0 amide bonds. The molecule has 2 nitrogen and oxygen atoms in total. The van der Waals surface area contributed by atoms with E-state index in [2.05, 4.69) is 0 Å². The van der Waals surface area contributed by atoms with Crippen LogP contribution < -0.4 is 0 Å². The van der Waals surface area contributed by atoms with Crippen LogP contribution in [0.4, 0.5) is 0 Å². The van der Waals surface area contributed by atoms with Gasteiger partial charge in [0.2, 0.25) is 0 Å². The smallest absolute Gasteiger partial charge is 0.138 e. The maximum Gasteiger partial charge on any atom is 0.138 e.